The first kappa shape index (κ1) is 18.7. The molecule has 7 heteroatoms. The van der Waals surface area contributed by atoms with Gasteiger partial charge < -0.3 is 14.3 Å². The molecule has 3 aromatic rings. The minimum absolute atomic E-state index is 0.0965. The Morgan fingerprint density at radius 1 is 1.15 bits per heavy atom. The molecule has 0 atom stereocenters. The fraction of sp³-hybridized carbons (Fsp3) is 0.150. The normalized spacial score (nSPS) is 11.4. The van der Waals surface area contributed by atoms with Crippen molar-refractivity contribution in [1.29, 1.82) is 0 Å². The predicted molar refractivity (Wildman–Crippen MR) is 102 cm³/mol. The molecule has 3 rings (SSSR count). The van der Waals surface area contributed by atoms with Crippen LogP contribution in [-0.4, -0.2) is 21.3 Å². The van der Waals surface area contributed by atoms with E-state index in [1.165, 1.54) is 0 Å². The van der Waals surface area contributed by atoms with E-state index >= 15 is 0 Å². The SMILES string of the molecule is CCc1nnc(S/C(=C\c2ccc(OCc3ccccc3)cc2)C(=O)O)o1. The first-order valence-corrected chi connectivity index (χ1v) is 9.17. The van der Waals surface area contributed by atoms with Crippen molar-refractivity contribution in [3.63, 3.8) is 0 Å². The zero-order chi connectivity index (χ0) is 19.1. The number of hydrogen-bond donors (Lipinski definition) is 1. The average molecular weight is 382 g/mol. The van der Waals surface area contributed by atoms with Crippen LogP contribution in [-0.2, 0) is 17.8 Å². The first-order chi connectivity index (χ1) is 13.1. The van der Waals surface area contributed by atoms with Crippen molar-refractivity contribution in [3.05, 3.63) is 76.5 Å². The minimum Gasteiger partial charge on any atom is -0.489 e. The fourth-order valence-electron chi connectivity index (χ4n) is 2.20. The van der Waals surface area contributed by atoms with Crippen LogP contribution in [0.2, 0.25) is 0 Å². The van der Waals surface area contributed by atoms with E-state index in [2.05, 4.69) is 10.2 Å². The molecule has 0 aliphatic carbocycles. The molecule has 0 saturated heterocycles. The molecule has 27 heavy (non-hydrogen) atoms. The summed E-state index contributed by atoms with van der Waals surface area (Å²) in [6.07, 6.45) is 2.16. The van der Waals surface area contributed by atoms with Crippen molar-refractivity contribution in [2.45, 2.75) is 25.2 Å². The van der Waals surface area contributed by atoms with Crippen molar-refractivity contribution >= 4 is 23.8 Å². The van der Waals surface area contributed by atoms with E-state index < -0.39 is 5.97 Å². The molecule has 0 radical (unpaired) electrons. The third kappa shape index (κ3) is 5.46. The van der Waals surface area contributed by atoms with Gasteiger partial charge in [0.1, 0.15) is 17.3 Å². The Balaban J connectivity index is 1.67. The molecule has 0 aliphatic rings. The van der Waals surface area contributed by atoms with Crippen molar-refractivity contribution in [2.24, 2.45) is 0 Å². The van der Waals surface area contributed by atoms with Crippen molar-refractivity contribution in [3.8, 4) is 5.75 Å². The first-order valence-electron chi connectivity index (χ1n) is 8.36. The van der Waals surface area contributed by atoms with Crippen LogP contribution in [0.4, 0.5) is 0 Å². The molecule has 1 aromatic heterocycles. The molecule has 0 fully saturated rings. The lowest BCUT2D eigenvalue weighted by atomic mass is 10.2. The third-order valence-electron chi connectivity index (χ3n) is 3.58. The number of aromatic nitrogens is 2. The van der Waals surface area contributed by atoms with Gasteiger partial charge in [0, 0.05) is 6.42 Å². The summed E-state index contributed by atoms with van der Waals surface area (Å²) in [5.41, 5.74) is 1.82. The summed E-state index contributed by atoms with van der Waals surface area (Å²) in [7, 11) is 0. The molecule has 0 amide bonds. The van der Waals surface area contributed by atoms with Crippen LogP contribution < -0.4 is 4.74 Å². The smallest absolute Gasteiger partial charge is 0.342 e. The Kier molecular flexibility index (Phi) is 6.27. The number of aryl methyl sites for hydroxylation is 1. The summed E-state index contributed by atoms with van der Waals surface area (Å²) in [6.45, 7) is 2.36. The van der Waals surface area contributed by atoms with Crippen LogP contribution in [0, 0.1) is 0 Å². The molecule has 2 aromatic carbocycles. The number of ether oxygens (including phenoxy) is 1. The number of benzene rings is 2. The van der Waals surface area contributed by atoms with Crippen LogP contribution in [0.1, 0.15) is 23.9 Å². The van der Waals surface area contributed by atoms with E-state index in [1.54, 1.807) is 30.3 Å². The van der Waals surface area contributed by atoms with Crippen LogP contribution >= 0.6 is 11.8 Å². The second-order valence-electron chi connectivity index (χ2n) is 5.57. The summed E-state index contributed by atoms with van der Waals surface area (Å²) < 4.78 is 11.1. The number of carbonyl (C=O) groups is 1. The van der Waals surface area contributed by atoms with E-state index in [0.717, 1.165) is 22.9 Å². The van der Waals surface area contributed by atoms with E-state index in [0.29, 0.717) is 24.7 Å². The Morgan fingerprint density at radius 3 is 2.52 bits per heavy atom. The van der Waals surface area contributed by atoms with Crippen LogP contribution in [0.5, 0.6) is 5.75 Å². The largest absolute Gasteiger partial charge is 0.489 e. The zero-order valence-electron chi connectivity index (χ0n) is 14.7. The fourth-order valence-corrected chi connectivity index (χ4v) is 2.89. The summed E-state index contributed by atoms with van der Waals surface area (Å²) in [5, 5.41) is 17.3. The Morgan fingerprint density at radius 2 is 1.89 bits per heavy atom. The molecule has 1 N–H and O–H groups in total. The van der Waals surface area contributed by atoms with Gasteiger partial charge in [-0.05, 0) is 41.1 Å². The maximum absolute atomic E-state index is 11.5. The van der Waals surface area contributed by atoms with E-state index in [9.17, 15) is 9.90 Å². The average Bonchev–Trinajstić information content (AvgIpc) is 3.15. The number of carboxylic acids is 1. The molecule has 0 aliphatic heterocycles. The van der Waals surface area contributed by atoms with Gasteiger partial charge in [-0.15, -0.1) is 10.2 Å². The number of thioether (sulfide) groups is 1. The van der Waals surface area contributed by atoms with E-state index in [4.69, 9.17) is 9.15 Å². The lowest BCUT2D eigenvalue weighted by Gasteiger charge is -2.06. The Labute approximate surface area is 160 Å². The lowest BCUT2D eigenvalue weighted by Crippen LogP contribution is -1.97. The summed E-state index contributed by atoms with van der Waals surface area (Å²) in [5.74, 6) is 0.132. The molecule has 0 spiro atoms. The van der Waals surface area contributed by atoms with Crippen molar-refractivity contribution < 1.29 is 19.1 Å². The topological polar surface area (TPSA) is 85.5 Å². The highest BCUT2D eigenvalue weighted by molar-refractivity contribution is 8.03. The van der Waals surface area contributed by atoms with E-state index in [-0.39, 0.29) is 10.1 Å². The van der Waals surface area contributed by atoms with Gasteiger partial charge in [0.2, 0.25) is 5.89 Å². The summed E-state index contributed by atoms with van der Waals surface area (Å²) in [4.78, 5) is 11.6. The highest BCUT2D eigenvalue weighted by Crippen LogP contribution is 2.28. The predicted octanol–water partition coefficient (Wildman–Crippen LogP) is 4.43. The summed E-state index contributed by atoms with van der Waals surface area (Å²) in [6, 6.07) is 17.1. The molecule has 0 saturated carbocycles. The maximum atomic E-state index is 11.5. The van der Waals surface area contributed by atoms with Crippen molar-refractivity contribution in [2.75, 3.05) is 0 Å². The molecule has 0 bridgehead atoms. The molecule has 0 unspecified atom stereocenters. The highest BCUT2D eigenvalue weighted by atomic mass is 32.2. The molecule has 1 heterocycles. The standard InChI is InChI=1S/C20H18N2O4S/c1-2-18-21-22-20(26-18)27-17(19(23)24)12-14-8-10-16(11-9-14)25-13-15-6-4-3-5-7-15/h3-12H,2,13H2,1H3,(H,23,24)/b17-12-. The highest BCUT2D eigenvalue weighted by Gasteiger charge is 2.14. The lowest BCUT2D eigenvalue weighted by molar-refractivity contribution is -0.131. The molecule has 138 valence electrons. The van der Waals surface area contributed by atoms with E-state index in [1.807, 2.05) is 37.3 Å². The molecular weight excluding hydrogens is 364 g/mol. The van der Waals surface area contributed by atoms with Gasteiger partial charge in [-0.2, -0.15) is 0 Å². The van der Waals surface area contributed by atoms with Gasteiger partial charge in [0.15, 0.2) is 0 Å². The molecule has 6 nitrogen and oxygen atoms in total. The number of rotatable bonds is 8. The second-order valence-corrected chi connectivity index (χ2v) is 6.57. The second kappa shape index (κ2) is 9.05. The van der Waals surface area contributed by atoms with Gasteiger partial charge in [0.25, 0.3) is 5.22 Å². The van der Waals surface area contributed by atoms with Crippen LogP contribution in [0.25, 0.3) is 6.08 Å². The Bertz CT molecular complexity index is 921. The number of hydrogen-bond acceptors (Lipinski definition) is 6. The van der Waals surface area contributed by atoms with Crippen LogP contribution in [0.3, 0.4) is 0 Å². The van der Waals surface area contributed by atoms with Crippen molar-refractivity contribution in [1.82, 2.24) is 10.2 Å². The third-order valence-corrected chi connectivity index (χ3v) is 4.44. The van der Waals surface area contributed by atoms with Gasteiger partial charge in [-0.3, -0.25) is 0 Å². The number of carboxylic acid groups (broad SMARTS) is 1. The van der Waals surface area contributed by atoms with Gasteiger partial charge in [-0.1, -0.05) is 49.4 Å². The molecular formula is C20H18N2O4S. The van der Waals surface area contributed by atoms with Gasteiger partial charge in [0.05, 0.1) is 0 Å². The monoisotopic (exact) mass is 382 g/mol. The Hall–Kier alpha value is -3.06. The number of aliphatic carboxylic acids is 1. The zero-order valence-corrected chi connectivity index (χ0v) is 15.5. The van der Waals surface area contributed by atoms with Crippen LogP contribution in [0.15, 0.2) is 69.1 Å². The maximum Gasteiger partial charge on any atom is 0.342 e. The summed E-state index contributed by atoms with van der Waals surface area (Å²) >= 11 is 0.930. The number of nitrogens with zero attached hydrogens (tertiary/aromatic N) is 2. The quantitative estimate of drug-likeness (QED) is 0.456. The minimum atomic E-state index is -1.05. The van der Waals surface area contributed by atoms with Gasteiger partial charge >= 0.3 is 5.97 Å². The van der Waals surface area contributed by atoms with Gasteiger partial charge in [-0.25, -0.2) is 4.79 Å².